The monoisotopic (exact) mass is 307 g/mol. The van der Waals surface area contributed by atoms with Crippen LogP contribution in [-0.4, -0.2) is 6.61 Å². The average molecular weight is 308 g/mol. The van der Waals surface area contributed by atoms with E-state index in [0.29, 0.717) is 23.2 Å². The Bertz CT molecular complexity index is 561. The fourth-order valence-electron chi connectivity index (χ4n) is 1.72. The number of nitrogens with one attached hydrogen (secondary N) is 1. The maximum Gasteiger partial charge on any atom is 0.119 e. The van der Waals surface area contributed by atoms with Gasteiger partial charge in [0.05, 0.1) is 15.7 Å². The van der Waals surface area contributed by atoms with E-state index in [1.807, 2.05) is 42.5 Å². The molecule has 1 N–H and O–H groups in total. The number of para-hydroxylation sites is 1. The Morgan fingerprint density at radius 2 is 1.70 bits per heavy atom. The molecule has 0 aromatic heterocycles. The Hall–Kier alpha value is -1.64. The van der Waals surface area contributed by atoms with E-state index in [4.69, 9.17) is 27.9 Å². The first-order chi connectivity index (χ1) is 9.70. The van der Waals surface area contributed by atoms with Gasteiger partial charge >= 0.3 is 0 Å². The number of benzene rings is 2. The number of rotatable bonds is 6. The zero-order valence-electron chi connectivity index (χ0n) is 10.9. The molecule has 0 heterocycles. The van der Waals surface area contributed by atoms with Crippen molar-refractivity contribution in [2.75, 3.05) is 11.9 Å². The number of hydrogen-bond acceptors (Lipinski definition) is 2. The number of anilines is 1. The van der Waals surface area contributed by atoms with Gasteiger partial charge in [-0.2, -0.15) is 0 Å². The first-order valence-corrected chi connectivity index (χ1v) is 6.97. The lowest BCUT2D eigenvalue weighted by molar-refractivity contribution is 0.363. The van der Waals surface area contributed by atoms with Crippen molar-refractivity contribution in [3.05, 3.63) is 70.7 Å². The first kappa shape index (κ1) is 14.8. The Morgan fingerprint density at radius 1 is 1.05 bits per heavy atom. The second kappa shape index (κ2) is 7.22. The molecular weight excluding hydrogens is 293 g/mol. The Morgan fingerprint density at radius 3 is 2.30 bits per heavy atom. The molecule has 0 spiro atoms. The molecule has 0 unspecified atom stereocenters. The molecule has 0 bridgehead atoms. The van der Waals surface area contributed by atoms with E-state index in [2.05, 4.69) is 11.9 Å². The second-order valence-corrected chi connectivity index (χ2v) is 5.01. The lowest BCUT2D eigenvalue weighted by Gasteiger charge is -2.11. The third-order valence-corrected chi connectivity index (χ3v) is 3.35. The highest BCUT2D eigenvalue weighted by molar-refractivity contribution is 6.39. The van der Waals surface area contributed by atoms with Crippen molar-refractivity contribution in [1.29, 1.82) is 0 Å². The van der Waals surface area contributed by atoms with Crippen molar-refractivity contribution in [1.82, 2.24) is 0 Å². The van der Waals surface area contributed by atoms with E-state index in [0.717, 1.165) is 17.0 Å². The van der Waals surface area contributed by atoms with Crippen molar-refractivity contribution in [2.24, 2.45) is 0 Å². The van der Waals surface area contributed by atoms with Crippen LogP contribution in [0.15, 0.2) is 55.1 Å². The van der Waals surface area contributed by atoms with Crippen molar-refractivity contribution >= 4 is 28.9 Å². The molecule has 104 valence electrons. The Labute approximate surface area is 129 Å². The molecule has 20 heavy (non-hydrogen) atoms. The van der Waals surface area contributed by atoms with Crippen LogP contribution in [0.1, 0.15) is 5.56 Å². The van der Waals surface area contributed by atoms with Crippen molar-refractivity contribution in [3.8, 4) is 5.75 Å². The maximum atomic E-state index is 6.10. The quantitative estimate of drug-likeness (QED) is 0.743. The van der Waals surface area contributed by atoms with Crippen LogP contribution in [0.3, 0.4) is 0 Å². The van der Waals surface area contributed by atoms with E-state index in [-0.39, 0.29) is 0 Å². The second-order valence-electron chi connectivity index (χ2n) is 4.19. The van der Waals surface area contributed by atoms with Crippen LogP contribution in [-0.2, 0) is 6.54 Å². The van der Waals surface area contributed by atoms with Crippen LogP contribution in [0.4, 0.5) is 5.69 Å². The number of hydrogen-bond donors (Lipinski definition) is 1. The highest BCUT2D eigenvalue weighted by Gasteiger charge is 2.04. The maximum absolute atomic E-state index is 6.10. The minimum absolute atomic E-state index is 0.507. The molecule has 0 atom stereocenters. The van der Waals surface area contributed by atoms with Crippen LogP contribution in [0, 0.1) is 0 Å². The highest BCUT2D eigenvalue weighted by Crippen LogP contribution is 2.30. The van der Waals surface area contributed by atoms with Gasteiger partial charge in [-0.1, -0.05) is 54.1 Å². The lowest BCUT2D eigenvalue weighted by atomic mass is 10.2. The minimum atomic E-state index is 0.507. The van der Waals surface area contributed by atoms with Crippen molar-refractivity contribution in [2.45, 2.75) is 6.54 Å². The summed E-state index contributed by atoms with van der Waals surface area (Å²) in [5, 5.41) is 4.47. The molecule has 2 nitrogen and oxygen atoms in total. The van der Waals surface area contributed by atoms with Crippen LogP contribution < -0.4 is 10.1 Å². The van der Waals surface area contributed by atoms with E-state index in [1.54, 1.807) is 6.08 Å². The first-order valence-electron chi connectivity index (χ1n) is 6.21. The van der Waals surface area contributed by atoms with E-state index in [9.17, 15) is 0 Å². The van der Waals surface area contributed by atoms with Gasteiger partial charge in [0.15, 0.2) is 0 Å². The number of ether oxygens (including phenoxy) is 1. The van der Waals surface area contributed by atoms with Crippen LogP contribution in [0.5, 0.6) is 5.75 Å². The summed E-state index contributed by atoms with van der Waals surface area (Å²) in [6, 6.07) is 13.3. The topological polar surface area (TPSA) is 21.3 Å². The summed E-state index contributed by atoms with van der Waals surface area (Å²) >= 11 is 12.2. The molecular formula is C16H15Cl2NO. The smallest absolute Gasteiger partial charge is 0.119 e. The van der Waals surface area contributed by atoms with Gasteiger partial charge in [0, 0.05) is 6.54 Å². The number of halogens is 2. The third-order valence-electron chi connectivity index (χ3n) is 2.72. The molecule has 2 rings (SSSR count). The normalized spacial score (nSPS) is 10.1. The zero-order chi connectivity index (χ0) is 14.4. The molecule has 0 amide bonds. The Kier molecular flexibility index (Phi) is 5.33. The third kappa shape index (κ3) is 3.92. The molecule has 0 saturated heterocycles. The van der Waals surface area contributed by atoms with E-state index >= 15 is 0 Å². The van der Waals surface area contributed by atoms with Gasteiger partial charge in [-0.3, -0.25) is 0 Å². The molecule has 2 aromatic carbocycles. The van der Waals surface area contributed by atoms with Crippen LogP contribution >= 0.6 is 23.2 Å². The molecule has 4 heteroatoms. The molecule has 0 aliphatic rings. The summed E-state index contributed by atoms with van der Waals surface area (Å²) < 4.78 is 5.43. The molecule has 2 aromatic rings. The van der Waals surface area contributed by atoms with Crippen LogP contribution in [0.2, 0.25) is 10.0 Å². The SMILES string of the molecule is C=CCOc1ccc(CNc2c(Cl)cccc2Cl)cc1. The fourth-order valence-corrected chi connectivity index (χ4v) is 2.25. The summed E-state index contributed by atoms with van der Waals surface area (Å²) in [5.41, 5.74) is 1.87. The average Bonchev–Trinajstić information content (AvgIpc) is 2.46. The predicted molar refractivity (Wildman–Crippen MR) is 85.9 cm³/mol. The molecule has 0 aliphatic heterocycles. The van der Waals surface area contributed by atoms with E-state index in [1.165, 1.54) is 0 Å². The molecule has 0 radical (unpaired) electrons. The van der Waals surface area contributed by atoms with Crippen molar-refractivity contribution < 1.29 is 4.74 Å². The van der Waals surface area contributed by atoms with Gasteiger partial charge in [-0.15, -0.1) is 0 Å². The largest absolute Gasteiger partial charge is 0.490 e. The summed E-state index contributed by atoms with van der Waals surface area (Å²) in [6.07, 6.45) is 1.72. The molecule has 0 aliphatic carbocycles. The van der Waals surface area contributed by atoms with Crippen molar-refractivity contribution in [3.63, 3.8) is 0 Å². The van der Waals surface area contributed by atoms with Gasteiger partial charge in [-0.25, -0.2) is 0 Å². The van der Waals surface area contributed by atoms with Gasteiger partial charge in [0.1, 0.15) is 12.4 Å². The molecule has 0 fully saturated rings. The van der Waals surface area contributed by atoms with Gasteiger partial charge < -0.3 is 10.1 Å². The Balaban J connectivity index is 1.98. The fraction of sp³-hybridized carbons (Fsp3) is 0.125. The van der Waals surface area contributed by atoms with Gasteiger partial charge in [0.2, 0.25) is 0 Å². The van der Waals surface area contributed by atoms with Gasteiger partial charge in [0.25, 0.3) is 0 Å². The summed E-state index contributed by atoms with van der Waals surface area (Å²) in [7, 11) is 0. The van der Waals surface area contributed by atoms with E-state index < -0.39 is 0 Å². The van der Waals surface area contributed by atoms with Gasteiger partial charge in [-0.05, 0) is 29.8 Å². The summed E-state index contributed by atoms with van der Waals surface area (Å²) in [5.74, 6) is 0.824. The minimum Gasteiger partial charge on any atom is -0.490 e. The summed E-state index contributed by atoms with van der Waals surface area (Å²) in [6.45, 7) is 4.76. The zero-order valence-corrected chi connectivity index (χ0v) is 12.4. The lowest BCUT2D eigenvalue weighted by Crippen LogP contribution is -2.01. The highest BCUT2D eigenvalue weighted by atomic mass is 35.5. The standard InChI is InChI=1S/C16H15Cl2NO/c1-2-10-20-13-8-6-12(7-9-13)11-19-16-14(17)4-3-5-15(16)18/h2-9,19H,1,10-11H2. The predicted octanol–water partition coefficient (Wildman–Crippen LogP) is 5.17. The molecule has 0 saturated carbocycles. The van der Waals surface area contributed by atoms with Crippen LogP contribution in [0.25, 0.3) is 0 Å². The summed E-state index contributed by atoms with van der Waals surface area (Å²) in [4.78, 5) is 0.